The lowest BCUT2D eigenvalue weighted by molar-refractivity contribution is -0.143. The van der Waals surface area contributed by atoms with Crippen LogP contribution < -0.4 is 5.56 Å². The van der Waals surface area contributed by atoms with Gasteiger partial charge in [-0.25, -0.2) is 8.78 Å². The van der Waals surface area contributed by atoms with Gasteiger partial charge in [0.05, 0.1) is 0 Å². The van der Waals surface area contributed by atoms with Crippen molar-refractivity contribution in [3.05, 3.63) is 33.2 Å². The van der Waals surface area contributed by atoms with E-state index in [2.05, 4.69) is 0 Å². The van der Waals surface area contributed by atoms with Crippen molar-refractivity contribution in [2.45, 2.75) is 19.5 Å². The van der Waals surface area contributed by atoms with E-state index in [1.54, 1.807) is 0 Å². The molecule has 0 radical (unpaired) electrons. The molecule has 0 fully saturated rings. The molecule has 15 heavy (non-hydrogen) atoms. The molecule has 1 rings (SSSR count). The maximum atomic E-state index is 12.3. The highest BCUT2D eigenvalue weighted by atomic mass is 19.4. The number of hydrogen-bond donors (Lipinski definition) is 1. The summed E-state index contributed by atoms with van der Waals surface area (Å²) in [7, 11) is 0. The van der Waals surface area contributed by atoms with E-state index in [0.29, 0.717) is 6.07 Å². The van der Waals surface area contributed by atoms with E-state index >= 15 is 0 Å². The summed E-state index contributed by atoms with van der Waals surface area (Å²) in [6.07, 6.45) is -8.27. The van der Waals surface area contributed by atoms with E-state index in [1.807, 2.05) is 0 Å². The maximum Gasteiger partial charge on any atom is 0.431 e. The van der Waals surface area contributed by atoms with Crippen molar-refractivity contribution >= 4 is 0 Å². The molecule has 0 aliphatic rings. The fourth-order valence-corrected chi connectivity index (χ4v) is 1.20. The minimum atomic E-state index is -4.99. The van der Waals surface area contributed by atoms with Crippen LogP contribution >= 0.6 is 0 Å². The number of nitrogens with one attached hydrogen (secondary N) is 1. The fourth-order valence-electron chi connectivity index (χ4n) is 1.20. The molecule has 2 nitrogen and oxygen atoms in total. The van der Waals surface area contributed by atoms with Crippen molar-refractivity contribution in [3.63, 3.8) is 0 Å². The molecule has 84 valence electrons. The summed E-state index contributed by atoms with van der Waals surface area (Å²) < 4.78 is 61.5. The van der Waals surface area contributed by atoms with Gasteiger partial charge in [0.2, 0.25) is 5.56 Å². The smallest absolute Gasteiger partial charge is 0.318 e. The van der Waals surface area contributed by atoms with Gasteiger partial charge >= 0.3 is 6.18 Å². The Hall–Kier alpha value is -1.40. The van der Waals surface area contributed by atoms with Crippen molar-refractivity contribution < 1.29 is 22.0 Å². The average molecular weight is 227 g/mol. The van der Waals surface area contributed by atoms with Gasteiger partial charge in [-0.05, 0) is 12.5 Å². The summed E-state index contributed by atoms with van der Waals surface area (Å²) in [5.74, 6) is 0. The second kappa shape index (κ2) is 3.63. The van der Waals surface area contributed by atoms with Gasteiger partial charge in [-0.15, -0.1) is 0 Å². The molecule has 0 spiro atoms. The lowest BCUT2D eigenvalue weighted by Crippen LogP contribution is -2.20. The molecule has 0 atom stereocenters. The third kappa shape index (κ3) is 2.34. The summed E-state index contributed by atoms with van der Waals surface area (Å²) in [6.45, 7) is 1.03. The van der Waals surface area contributed by atoms with Gasteiger partial charge in [0.1, 0.15) is 5.69 Å². The van der Waals surface area contributed by atoms with Crippen LogP contribution in [0.3, 0.4) is 0 Å². The predicted molar refractivity (Wildman–Crippen MR) is 41.8 cm³/mol. The summed E-state index contributed by atoms with van der Waals surface area (Å²) in [5, 5.41) is 0. The first-order valence-corrected chi connectivity index (χ1v) is 3.82. The van der Waals surface area contributed by atoms with E-state index in [1.165, 1.54) is 4.98 Å². The highest BCUT2D eigenvalue weighted by Gasteiger charge is 2.37. The standard InChI is InChI=1S/C8H6F5NO/c1-3-2-4(15)14-6(8(11,12)13)5(3)7(9)10/h2,7H,1H3,(H,14,15). The van der Waals surface area contributed by atoms with Gasteiger partial charge < -0.3 is 4.98 Å². The molecule has 7 heteroatoms. The summed E-state index contributed by atoms with van der Waals surface area (Å²) in [6, 6.07) is 0.705. The van der Waals surface area contributed by atoms with E-state index in [9.17, 15) is 26.7 Å². The fraction of sp³-hybridized carbons (Fsp3) is 0.375. The average Bonchev–Trinajstić information content (AvgIpc) is 1.99. The lowest BCUT2D eigenvalue weighted by atomic mass is 10.1. The van der Waals surface area contributed by atoms with E-state index in [4.69, 9.17) is 0 Å². The quantitative estimate of drug-likeness (QED) is 0.735. The van der Waals surface area contributed by atoms with Crippen LogP contribution in [0.1, 0.15) is 23.2 Å². The number of aryl methyl sites for hydroxylation is 1. The first kappa shape index (κ1) is 11.7. The second-order valence-electron chi connectivity index (χ2n) is 2.90. The SMILES string of the molecule is Cc1cc(=O)[nH]c(C(F)(F)F)c1C(F)F. The van der Waals surface area contributed by atoms with Gasteiger partial charge in [0, 0.05) is 11.6 Å². The number of halogens is 5. The first-order valence-electron chi connectivity index (χ1n) is 3.82. The lowest BCUT2D eigenvalue weighted by Gasteiger charge is -2.13. The Labute approximate surface area is 80.7 Å². The number of alkyl halides is 5. The van der Waals surface area contributed by atoms with Crippen molar-refractivity contribution in [2.75, 3.05) is 0 Å². The Morgan fingerprint density at radius 3 is 2.27 bits per heavy atom. The molecule has 1 aromatic heterocycles. The topological polar surface area (TPSA) is 32.9 Å². The molecule has 0 saturated carbocycles. The van der Waals surface area contributed by atoms with Gasteiger partial charge in [0.15, 0.2) is 0 Å². The molecular formula is C8H6F5NO. The number of aromatic nitrogens is 1. The molecule has 0 saturated heterocycles. The van der Waals surface area contributed by atoms with Gasteiger partial charge in [0.25, 0.3) is 6.43 Å². The Kier molecular flexibility index (Phi) is 2.83. The largest absolute Gasteiger partial charge is 0.431 e. The predicted octanol–water partition coefficient (Wildman–Crippen LogP) is 2.64. The molecular weight excluding hydrogens is 221 g/mol. The van der Waals surface area contributed by atoms with Crippen LogP contribution in [0.15, 0.2) is 10.9 Å². The monoisotopic (exact) mass is 227 g/mol. The Bertz CT molecular complexity index is 420. The molecule has 0 aliphatic carbocycles. The van der Waals surface area contributed by atoms with Gasteiger partial charge in [-0.1, -0.05) is 0 Å². The summed E-state index contributed by atoms with van der Waals surface area (Å²) >= 11 is 0. The number of hydrogen-bond acceptors (Lipinski definition) is 1. The third-order valence-corrected chi connectivity index (χ3v) is 1.79. The third-order valence-electron chi connectivity index (χ3n) is 1.79. The molecule has 0 amide bonds. The molecule has 0 aliphatic heterocycles. The van der Waals surface area contributed by atoms with Crippen LogP contribution in [0.25, 0.3) is 0 Å². The molecule has 1 aromatic rings. The van der Waals surface area contributed by atoms with E-state index in [0.717, 1.165) is 6.92 Å². The molecule has 1 heterocycles. The second-order valence-corrected chi connectivity index (χ2v) is 2.90. The zero-order valence-electron chi connectivity index (χ0n) is 7.45. The summed E-state index contributed by atoms with van der Waals surface area (Å²) in [5.41, 5.74) is -4.28. The van der Waals surface area contributed by atoms with Gasteiger partial charge in [-0.3, -0.25) is 4.79 Å². The zero-order valence-corrected chi connectivity index (χ0v) is 7.45. The number of aromatic amines is 1. The Morgan fingerprint density at radius 1 is 1.33 bits per heavy atom. The van der Waals surface area contributed by atoms with Crippen LogP contribution in [0.4, 0.5) is 22.0 Å². The van der Waals surface area contributed by atoms with Crippen molar-refractivity contribution in [1.82, 2.24) is 4.98 Å². The molecule has 0 bridgehead atoms. The Morgan fingerprint density at radius 2 is 1.87 bits per heavy atom. The van der Waals surface area contributed by atoms with E-state index < -0.39 is 29.4 Å². The normalized spacial score (nSPS) is 12.2. The van der Waals surface area contributed by atoms with Crippen molar-refractivity contribution in [1.29, 1.82) is 0 Å². The highest BCUT2D eigenvalue weighted by molar-refractivity contribution is 5.31. The molecule has 0 aromatic carbocycles. The highest BCUT2D eigenvalue weighted by Crippen LogP contribution is 2.35. The molecule has 1 N–H and O–H groups in total. The Balaban J connectivity index is 3.55. The maximum absolute atomic E-state index is 12.3. The minimum Gasteiger partial charge on any atom is -0.318 e. The van der Waals surface area contributed by atoms with Crippen LogP contribution in [-0.2, 0) is 6.18 Å². The van der Waals surface area contributed by atoms with Crippen LogP contribution in [0, 0.1) is 6.92 Å². The van der Waals surface area contributed by atoms with Crippen LogP contribution in [0.5, 0.6) is 0 Å². The number of rotatable bonds is 1. The van der Waals surface area contributed by atoms with Crippen LogP contribution in [-0.4, -0.2) is 4.98 Å². The first-order chi connectivity index (χ1) is 6.73. The summed E-state index contributed by atoms with van der Waals surface area (Å²) in [4.78, 5) is 12.1. The minimum absolute atomic E-state index is 0.374. The van der Waals surface area contributed by atoms with Gasteiger partial charge in [-0.2, -0.15) is 13.2 Å². The van der Waals surface area contributed by atoms with Crippen molar-refractivity contribution in [2.24, 2.45) is 0 Å². The van der Waals surface area contributed by atoms with E-state index in [-0.39, 0.29) is 5.56 Å². The molecule has 0 unspecified atom stereocenters. The number of H-pyrrole nitrogens is 1. The zero-order chi connectivity index (χ0) is 11.8. The van der Waals surface area contributed by atoms with Crippen molar-refractivity contribution in [3.8, 4) is 0 Å². The number of pyridine rings is 1. The van der Waals surface area contributed by atoms with Crippen LogP contribution in [0.2, 0.25) is 0 Å².